The summed E-state index contributed by atoms with van der Waals surface area (Å²) in [5.74, 6) is -0.428. The van der Waals surface area contributed by atoms with Gasteiger partial charge in [0.15, 0.2) is 0 Å². The Kier molecular flexibility index (Phi) is 6.44. The van der Waals surface area contributed by atoms with Crippen molar-refractivity contribution in [2.24, 2.45) is 5.10 Å². The number of amides is 1. The van der Waals surface area contributed by atoms with E-state index in [1.54, 1.807) is 49.8 Å². The van der Waals surface area contributed by atoms with E-state index in [1.807, 2.05) is 0 Å². The summed E-state index contributed by atoms with van der Waals surface area (Å²) in [4.78, 5) is 27.1. The minimum Gasteiger partial charge on any atom is -0.466 e. The fourth-order valence-corrected chi connectivity index (χ4v) is 2.49. The average molecular weight is 346 g/mol. The molecule has 1 heterocycles. The van der Waals surface area contributed by atoms with Gasteiger partial charge in [-0.1, -0.05) is 12.1 Å². The summed E-state index contributed by atoms with van der Waals surface area (Å²) in [6, 6.07) is 7.04. The van der Waals surface area contributed by atoms with Crippen LogP contribution in [0, 0.1) is 0 Å². The summed E-state index contributed by atoms with van der Waals surface area (Å²) in [5, 5.41) is 9.03. The van der Waals surface area contributed by atoms with Crippen LogP contribution in [-0.2, 0) is 16.0 Å². The zero-order valence-corrected chi connectivity index (χ0v) is 14.2. The maximum absolute atomic E-state index is 11.4. The highest BCUT2D eigenvalue weighted by molar-refractivity contribution is 7.13. The molecule has 2 rings (SSSR count). The van der Waals surface area contributed by atoms with Crippen molar-refractivity contribution >= 4 is 34.6 Å². The molecule has 0 aliphatic heterocycles. The fourth-order valence-electron chi connectivity index (χ4n) is 1.83. The van der Waals surface area contributed by atoms with Gasteiger partial charge >= 0.3 is 5.97 Å². The standard InChI is InChI=1S/C16H18N4O3S/c1-3-23-14(21)8-13-10-24-16(19-13)20-18-9-11-4-6-12(7-5-11)15(22)17-2/h4-7,9-10H,3,8H2,1-2H3,(H,17,22)(H,19,20). The second-order valence-electron chi connectivity index (χ2n) is 4.70. The molecule has 8 heteroatoms. The van der Waals surface area contributed by atoms with Crippen LogP contribution < -0.4 is 10.7 Å². The first-order valence-electron chi connectivity index (χ1n) is 7.33. The summed E-state index contributed by atoms with van der Waals surface area (Å²) < 4.78 is 4.88. The Morgan fingerprint density at radius 2 is 2.08 bits per heavy atom. The van der Waals surface area contributed by atoms with E-state index in [2.05, 4.69) is 20.8 Å². The van der Waals surface area contributed by atoms with E-state index in [9.17, 15) is 9.59 Å². The van der Waals surface area contributed by atoms with Crippen molar-refractivity contribution in [3.63, 3.8) is 0 Å². The summed E-state index contributed by atoms with van der Waals surface area (Å²) in [7, 11) is 1.59. The lowest BCUT2D eigenvalue weighted by atomic mass is 10.1. The van der Waals surface area contributed by atoms with Gasteiger partial charge in [-0.25, -0.2) is 4.98 Å². The molecule has 0 fully saturated rings. The number of nitrogens with one attached hydrogen (secondary N) is 2. The normalized spacial score (nSPS) is 10.6. The molecule has 0 spiro atoms. The van der Waals surface area contributed by atoms with Crippen molar-refractivity contribution in [2.45, 2.75) is 13.3 Å². The summed E-state index contributed by atoms with van der Waals surface area (Å²) in [5.41, 5.74) is 4.89. The fraction of sp³-hybridized carbons (Fsp3) is 0.250. The lowest BCUT2D eigenvalue weighted by Crippen LogP contribution is -2.17. The number of hydrogen-bond donors (Lipinski definition) is 2. The highest BCUT2D eigenvalue weighted by atomic mass is 32.1. The highest BCUT2D eigenvalue weighted by Crippen LogP contribution is 2.16. The van der Waals surface area contributed by atoms with Crippen LogP contribution in [0.1, 0.15) is 28.5 Å². The van der Waals surface area contributed by atoms with Gasteiger partial charge in [0.05, 0.1) is 24.9 Å². The zero-order chi connectivity index (χ0) is 17.4. The minimum absolute atomic E-state index is 0.131. The van der Waals surface area contributed by atoms with E-state index in [0.29, 0.717) is 23.0 Å². The first kappa shape index (κ1) is 17.6. The van der Waals surface area contributed by atoms with Crippen LogP contribution in [-0.4, -0.2) is 36.7 Å². The van der Waals surface area contributed by atoms with Crippen molar-refractivity contribution in [1.82, 2.24) is 10.3 Å². The lowest BCUT2D eigenvalue weighted by molar-refractivity contribution is -0.142. The van der Waals surface area contributed by atoms with Crippen molar-refractivity contribution in [3.8, 4) is 0 Å². The maximum atomic E-state index is 11.4. The van der Waals surface area contributed by atoms with E-state index >= 15 is 0 Å². The largest absolute Gasteiger partial charge is 0.466 e. The van der Waals surface area contributed by atoms with Gasteiger partial charge in [-0.15, -0.1) is 11.3 Å². The van der Waals surface area contributed by atoms with Crippen LogP contribution >= 0.6 is 11.3 Å². The second kappa shape index (κ2) is 8.78. The molecule has 0 radical (unpaired) electrons. The number of esters is 1. The summed E-state index contributed by atoms with van der Waals surface area (Å²) in [6.45, 7) is 2.12. The number of ether oxygens (including phenoxy) is 1. The Labute approximate surface area is 143 Å². The average Bonchev–Trinajstić information content (AvgIpc) is 3.02. The number of carbonyl (C=O) groups is 2. The molecule has 24 heavy (non-hydrogen) atoms. The molecule has 0 saturated carbocycles. The Hall–Kier alpha value is -2.74. The molecule has 2 aromatic rings. The molecule has 1 aromatic heterocycles. The molecule has 126 valence electrons. The van der Waals surface area contributed by atoms with Gasteiger partial charge < -0.3 is 10.1 Å². The Balaban J connectivity index is 1.89. The Morgan fingerprint density at radius 1 is 1.33 bits per heavy atom. The van der Waals surface area contributed by atoms with Crippen molar-refractivity contribution in [3.05, 3.63) is 46.5 Å². The van der Waals surface area contributed by atoms with Gasteiger partial charge in [-0.05, 0) is 24.6 Å². The number of hydrazone groups is 1. The molecular formula is C16H18N4O3S. The number of hydrogen-bond acceptors (Lipinski definition) is 7. The summed E-state index contributed by atoms with van der Waals surface area (Å²) in [6.07, 6.45) is 1.77. The third-order valence-corrected chi connectivity index (χ3v) is 3.75. The number of rotatable bonds is 7. The number of nitrogens with zero attached hydrogens (tertiary/aromatic N) is 2. The molecule has 0 saturated heterocycles. The number of carbonyl (C=O) groups excluding carboxylic acids is 2. The van der Waals surface area contributed by atoms with Crippen molar-refractivity contribution in [1.29, 1.82) is 0 Å². The molecule has 0 aliphatic rings. The van der Waals surface area contributed by atoms with Crippen LogP contribution in [0.25, 0.3) is 0 Å². The van der Waals surface area contributed by atoms with Gasteiger partial charge in [-0.2, -0.15) is 5.10 Å². The van der Waals surface area contributed by atoms with Gasteiger partial charge in [-0.3, -0.25) is 15.0 Å². The molecule has 7 nitrogen and oxygen atoms in total. The SMILES string of the molecule is CCOC(=O)Cc1csc(NN=Cc2ccc(C(=O)NC)cc2)n1. The van der Waals surface area contributed by atoms with E-state index in [-0.39, 0.29) is 18.3 Å². The molecule has 1 amide bonds. The molecule has 0 unspecified atom stereocenters. The van der Waals surface area contributed by atoms with Gasteiger partial charge in [0.25, 0.3) is 5.91 Å². The highest BCUT2D eigenvalue weighted by Gasteiger charge is 2.07. The van der Waals surface area contributed by atoms with Crippen LogP contribution in [0.5, 0.6) is 0 Å². The molecule has 2 N–H and O–H groups in total. The minimum atomic E-state index is -0.297. The van der Waals surface area contributed by atoms with E-state index < -0.39 is 0 Å². The first-order chi connectivity index (χ1) is 11.6. The van der Waals surface area contributed by atoms with Crippen LogP contribution in [0.2, 0.25) is 0 Å². The third-order valence-electron chi connectivity index (χ3n) is 2.96. The molecular weight excluding hydrogens is 328 g/mol. The maximum Gasteiger partial charge on any atom is 0.311 e. The van der Waals surface area contributed by atoms with Crippen LogP contribution in [0.4, 0.5) is 5.13 Å². The number of aromatic nitrogens is 1. The quantitative estimate of drug-likeness (QED) is 0.455. The molecule has 0 aliphatic carbocycles. The van der Waals surface area contributed by atoms with E-state index in [1.165, 1.54) is 11.3 Å². The molecule has 1 aromatic carbocycles. The number of benzene rings is 1. The summed E-state index contributed by atoms with van der Waals surface area (Å²) >= 11 is 1.36. The van der Waals surface area contributed by atoms with E-state index in [0.717, 1.165) is 5.56 Å². The first-order valence-corrected chi connectivity index (χ1v) is 8.21. The van der Waals surface area contributed by atoms with Crippen molar-refractivity contribution < 1.29 is 14.3 Å². The Morgan fingerprint density at radius 3 is 2.75 bits per heavy atom. The topological polar surface area (TPSA) is 92.7 Å². The van der Waals surface area contributed by atoms with Crippen LogP contribution in [0.15, 0.2) is 34.7 Å². The van der Waals surface area contributed by atoms with Gasteiger partial charge in [0.2, 0.25) is 5.13 Å². The predicted molar refractivity (Wildman–Crippen MR) is 93.5 cm³/mol. The smallest absolute Gasteiger partial charge is 0.311 e. The number of anilines is 1. The van der Waals surface area contributed by atoms with Crippen LogP contribution in [0.3, 0.4) is 0 Å². The van der Waals surface area contributed by atoms with Gasteiger partial charge in [0, 0.05) is 18.0 Å². The molecule has 0 bridgehead atoms. The van der Waals surface area contributed by atoms with Gasteiger partial charge in [0.1, 0.15) is 0 Å². The van der Waals surface area contributed by atoms with Crippen molar-refractivity contribution in [2.75, 3.05) is 19.1 Å². The Bertz CT molecular complexity index is 725. The van der Waals surface area contributed by atoms with E-state index in [4.69, 9.17) is 4.74 Å². The zero-order valence-electron chi connectivity index (χ0n) is 13.4. The predicted octanol–water partition coefficient (Wildman–Crippen LogP) is 2.05. The second-order valence-corrected chi connectivity index (χ2v) is 5.56. The lowest BCUT2D eigenvalue weighted by Gasteiger charge is -2.00. The number of thiazole rings is 1. The monoisotopic (exact) mass is 346 g/mol. The third kappa shape index (κ3) is 5.17. The molecule has 0 atom stereocenters.